The summed E-state index contributed by atoms with van der Waals surface area (Å²) in [5.74, 6) is 0. The SMILES string of the molecule is N=c1c(Br)cc2c(=N)/c(=N\S)c(Br)cc=2c1=N. The molecule has 0 aromatic heterocycles. The summed E-state index contributed by atoms with van der Waals surface area (Å²) < 4.78 is 4.83. The topological polar surface area (TPSA) is 83.9 Å². The van der Waals surface area contributed by atoms with Crippen LogP contribution >= 0.6 is 44.7 Å². The Morgan fingerprint density at radius 1 is 0.882 bits per heavy atom. The molecule has 0 radical (unpaired) electrons. The average molecular weight is 374 g/mol. The van der Waals surface area contributed by atoms with Gasteiger partial charge in [-0.25, -0.2) is 4.40 Å². The molecule has 0 fully saturated rings. The highest BCUT2D eigenvalue weighted by molar-refractivity contribution is 9.10. The van der Waals surface area contributed by atoms with E-state index in [9.17, 15) is 0 Å². The molecule has 0 amide bonds. The van der Waals surface area contributed by atoms with Gasteiger partial charge in [-0.1, -0.05) is 0 Å². The summed E-state index contributed by atoms with van der Waals surface area (Å²) in [6, 6.07) is 3.35. The Hall–Kier alpha value is -0.790. The molecule has 2 rings (SSSR count). The molecule has 7 heteroatoms. The van der Waals surface area contributed by atoms with Crippen molar-refractivity contribution in [3.8, 4) is 0 Å². The normalized spacial score (nSPS) is 12.3. The molecule has 2 aliphatic carbocycles. The van der Waals surface area contributed by atoms with Crippen LogP contribution in [0.1, 0.15) is 0 Å². The predicted octanol–water partition coefficient (Wildman–Crippen LogP) is 0.996. The van der Waals surface area contributed by atoms with E-state index in [0.717, 1.165) is 0 Å². The third kappa shape index (κ3) is 1.92. The minimum Gasteiger partial charge on any atom is -0.298 e. The number of thiol groups is 1. The van der Waals surface area contributed by atoms with Crippen molar-refractivity contribution in [2.45, 2.75) is 0 Å². The molecule has 4 nitrogen and oxygen atoms in total. The molecule has 0 aromatic carbocycles. The second-order valence-electron chi connectivity index (χ2n) is 3.39. The Bertz CT molecular complexity index is 881. The summed E-state index contributed by atoms with van der Waals surface area (Å²) in [7, 11) is 0. The third-order valence-electron chi connectivity index (χ3n) is 2.42. The maximum Gasteiger partial charge on any atom is 0.111 e. The molecule has 17 heavy (non-hydrogen) atoms. The van der Waals surface area contributed by atoms with Crippen LogP contribution in [0.3, 0.4) is 0 Å². The van der Waals surface area contributed by atoms with Crippen molar-refractivity contribution in [2.75, 3.05) is 0 Å². The van der Waals surface area contributed by atoms with Crippen LogP contribution in [0.15, 0.2) is 25.5 Å². The van der Waals surface area contributed by atoms with Crippen LogP contribution in [0.4, 0.5) is 0 Å². The lowest BCUT2D eigenvalue weighted by Gasteiger charge is -1.98. The van der Waals surface area contributed by atoms with Crippen LogP contribution in [-0.4, -0.2) is 0 Å². The highest BCUT2D eigenvalue weighted by atomic mass is 79.9. The number of hydrogen-bond donors (Lipinski definition) is 4. The molecule has 3 N–H and O–H groups in total. The van der Waals surface area contributed by atoms with Crippen molar-refractivity contribution in [3.63, 3.8) is 0 Å². The van der Waals surface area contributed by atoms with Crippen LogP contribution < -0.4 is 21.4 Å². The smallest absolute Gasteiger partial charge is 0.111 e. The molecule has 86 valence electrons. The zero-order chi connectivity index (χ0) is 12.7. The fourth-order valence-electron chi connectivity index (χ4n) is 1.56. The van der Waals surface area contributed by atoms with Crippen molar-refractivity contribution < 1.29 is 0 Å². The van der Waals surface area contributed by atoms with Gasteiger partial charge in [-0.2, -0.15) is 0 Å². The largest absolute Gasteiger partial charge is 0.298 e. The molecule has 0 saturated carbocycles. The number of halogens is 2. The molecule has 0 unspecified atom stereocenters. The quantitative estimate of drug-likeness (QED) is 0.497. The number of hydrogen-bond acceptors (Lipinski definition) is 5. The first-order valence-corrected chi connectivity index (χ1v) is 6.44. The summed E-state index contributed by atoms with van der Waals surface area (Å²) in [6.07, 6.45) is 0. The van der Waals surface area contributed by atoms with E-state index in [-0.39, 0.29) is 16.1 Å². The van der Waals surface area contributed by atoms with Gasteiger partial charge in [0.2, 0.25) is 0 Å². The molecule has 0 heterocycles. The van der Waals surface area contributed by atoms with E-state index < -0.39 is 0 Å². The Morgan fingerprint density at radius 2 is 1.41 bits per heavy atom. The zero-order valence-corrected chi connectivity index (χ0v) is 12.4. The molecule has 0 aliphatic heterocycles. The van der Waals surface area contributed by atoms with Crippen molar-refractivity contribution in [2.24, 2.45) is 4.40 Å². The van der Waals surface area contributed by atoms with Crippen molar-refractivity contribution in [1.29, 1.82) is 16.2 Å². The maximum atomic E-state index is 8.01. The van der Waals surface area contributed by atoms with E-state index in [1.807, 2.05) is 0 Å². The van der Waals surface area contributed by atoms with Crippen molar-refractivity contribution in [1.82, 2.24) is 0 Å². The average Bonchev–Trinajstić information content (AvgIpc) is 2.29. The lowest BCUT2D eigenvalue weighted by molar-refractivity contribution is 1.06. The zero-order valence-electron chi connectivity index (χ0n) is 8.31. The number of nitrogens with one attached hydrogen (secondary N) is 3. The molecule has 0 aromatic rings. The van der Waals surface area contributed by atoms with Gasteiger partial charge in [0.05, 0.1) is 16.1 Å². The first kappa shape index (κ1) is 12.7. The lowest BCUT2D eigenvalue weighted by Crippen LogP contribution is -2.33. The van der Waals surface area contributed by atoms with Crippen LogP contribution in [0, 0.1) is 26.7 Å². The van der Waals surface area contributed by atoms with Gasteiger partial charge < -0.3 is 0 Å². The molecular weight excluding hydrogens is 368 g/mol. The molecule has 2 aliphatic rings. The van der Waals surface area contributed by atoms with E-state index in [0.29, 0.717) is 24.7 Å². The second-order valence-corrected chi connectivity index (χ2v) is 5.29. The van der Waals surface area contributed by atoms with Crippen LogP contribution in [0.5, 0.6) is 0 Å². The van der Waals surface area contributed by atoms with Crippen LogP contribution in [0.2, 0.25) is 0 Å². The number of nitrogens with zero attached hydrogens (tertiary/aromatic N) is 1. The van der Waals surface area contributed by atoms with E-state index in [1.165, 1.54) is 0 Å². The summed E-state index contributed by atoms with van der Waals surface area (Å²) in [6.45, 7) is 0. The van der Waals surface area contributed by atoms with Gasteiger partial charge in [-0.05, 0) is 56.8 Å². The Labute approximate surface area is 118 Å². The van der Waals surface area contributed by atoms with Crippen molar-refractivity contribution in [3.05, 3.63) is 52.9 Å². The van der Waals surface area contributed by atoms with E-state index in [1.54, 1.807) is 12.1 Å². The van der Waals surface area contributed by atoms with E-state index in [2.05, 4.69) is 49.1 Å². The highest BCUT2D eigenvalue weighted by Gasteiger charge is 2.04. The second kappa shape index (κ2) is 4.47. The third-order valence-corrected chi connectivity index (χ3v) is 3.85. The van der Waals surface area contributed by atoms with E-state index in [4.69, 9.17) is 16.2 Å². The Morgan fingerprint density at radius 3 is 2.00 bits per heavy atom. The summed E-state index contributed by atoms with van der Waals surface area (Å²) in [5.41, 5.74) is 0. The monoisotopic (exact) mass is 372 g/mol. The molecule has 0 bridgehead atoms. The fourth-order valence-corrected chi connectivity index (χ4v) is 2.85. The number of rotatable bonds is 0. The van der Waals surface area contributed by atoms with E-state index >= 15 is 0 Å². The van der Waals surface area contributed by atoms with Crippen molar-refractivity contribution >= 4 is 44.7 Å². The summed E-state index contributed by atoms with van der Waals surface area (Å²) in [4.78, 5) is 0. The Balaban J connectivity index is 3.38. The minimum absolute atomic E-state index is 0.0919. The first-order valence-electron chi connectivity index (χ1n) is 4.46. The Kier molecular flexibility index (Phi) is 3.33. The molecule has 0 atom stereocenters. The highest BCUT2D eigenvalue weighted by Crippen LogP contribution is 2.04. The summed E-state index contributed by atoms with van der Waals surface area (Å²) in [5, 5.41) is 25.5. The maximum absolute atomic E-state index is 8.01. The molecular formula is C10H6Br2N4S. The van der Waals surface area contributed by atoms with Crippen LogP contribution in [0.25, 0.3) is 0 Å². The van der Waals surface area contributed by atoms with Gasteiger partial charge in [-0.3, -0.25) is 16.2 Å². The first-order chi connectivity index (χ1) is 7.97. The summed E-state index contributed by atoms with van der Waals surface area (Å²) >= 11 is 10.3. The van der Waals surface area contributed by atoms with Gasteiger partial charge in [0, 0.05) is 19.4 Å². The van der Waals surface area contributed by atoms with Gasteiger partial charge in [0.25, 0.3) is 0 Å². The molecule has 0 spiro atoms. The lowest BCUT2D eigenvalue weighted by atomic mass is 10.1. The minimum atomic E-state index is 0.0919. The molecule has 0 saturated heterocycles. The van der Waals surface area contributed by atoms with Crippen LogP contribution in [-0.2, 0) is 0 Å². The fraction of sp³-hybridized carbons (Fsp3) is 0. The van der Waals surface area contributed by atoms with Gasteiger partial charge in [0.15, 0.2) is 0 Å². The standard InChI is InChI=1S/C10H6Br2N4S/c11-5-1-4-3(7(13)9(5)15)2-6(12)10(16-17)8(4)14/h1-2,13-15,17H/b13-7?,14-8?,15-9?,16-10-. The predicted molar refractivity (Wildman–Crippen MR) is 71.6 cm³/mol. The van der Waals surface area contributed by atoms with Gasteiger partial charge in [0.1, 0.15) is 5.36 Å². The van der Waals surface area contributed by atoms with Gasteiger partial charge in [-0.15, -0.1) is 0 Å². The van der Waals surface area contributed by atoms with Gasteiger partial charge >= 0.3 is 0 Å².